The zero-order chi connectivity index (χ0) is 50.7. The monoisotopic (exact) mass is 978 g/mol. The number of ether oxygens (including phenoxy) is 6. The molecule has 5 aromatic rings. The first-order valence-electron chi connectivity index (χ1n) is 26.2. The van der Waals surface area contributed by atoms with E-state index < -0.39 is 0 Å². The van der Waals surface area contributed by atoms with Gasteiger partial charge in [0.1, 0.15) is 24.7 Å². The topological polar surface area (TPSA) is 139 Å². The lowest BCUT2D eigenvalue weighted by atomic mass is 10.1. The Morgan fingerprint density at radius 1 is 0.444 bits per heavy atom. The lowest BCUT2D eigenvalue weighted by Gasteiger charge is -2.14. The average Bonchev–Trinajstić information content (AvgIpc) is 3.42. The number of aromatic nitrogens is 2. The van der Waals surface area contributed by atoms with Crippen LogP contribution >= 0.6 is 0 Å². The van der Waals surface area contributed by atoms with Gasteiger partial charge in [0, 0.05) is 52.9 Å². The summed E-state index contributed by atoms with van der Waals surface area (Å²) in [5, 5.41) is 9.61. The number of pyridine rings is 2. The maximum absolute atomic E-state index is 11.1. The maximum Gasteiger partial charge on any atom is 0.330 e. The van der Waals surface area contributed by atoms with Crippen molar-refractivity contribution in [2.24, 2.45) is 0 Å². The molecule has 0 amide bonds. The summed E-state index contributed by atoms with van der Waals surface area (Å²) in [6, 6.07) is 31.5. The second-order valence-corrected chi connectivity index (χ2v) is 18.0. The fourth-order valence-electron chi connectivity index (χ4n) is 8.02. The Labute approximate surface area is 428 Å². The first-order chi connectivity index (χ1) is 35.4. The van der Waals surface area contributed by atoms with Crippen LogP contribution in [0.3, 0.4) is 0 Å². The van der Waals surface area contributed by atoms with Crippen LogP contribution in [0, 0.1) is 11.3 Å². The average molecular weight is 978 g/mol. The molecule has 0 unspecified atom stereocenters. The highest BCUT2D eigenvalue weighted by atomic mass is 16.5. The van der Waals surface area contributed by atoms with E-state index in [0.717, 1.165) is 83.7 Å². The predicted octanol–water partition coefficient (Wildman–Crippen LogP) is 14.9. The molecule has 0 atom stereocenters. The quantitative estimate of drug-likeness (QED) is 0.0212. The van der Waals surface area contributed by atoms with E-state index in [0.29, 0.717) is 43.5 Å². The molecule has 0 saturated carbocycles. The van der Waals surface area contributed by atoms with Crippen molar-refractivity contribution in [3.63, 3.8) is 0 Å². The lowest BCUT2D eigenvalue weighted by Crippen LogP contribution is -2.02. The molecule has 0 aliphatic heterocycles. The molecule has 3 aromatic carbocycles. The standard InChI is InChI=1S/C61H75N3O8/c1-3-60(65)69-41-23-19-15-11-7-5-9-13-17-21-39-67-54-32-28-52(29-33-54)56-36-25-50(45-63-56)47-71-58-38-27-49(44-62)43-59(58)72-48-51-26-37-57(64-46-51)53-30-34-55(35-31-53)68-40-22-18-14-10-6-8-12-16-20-24-42-70-61(66)4-2/h3-4,25-38,43,45-46H,1-2,5-24,39-42,47-48H2. The number of hydrogen-bond acceptors (Lipinski definition) is 11. The molecule has 0 saturated heterocycles. The first kappa shape index (κ1) is 56.0. The van der Waals surface area contributed by atoms with Crippen LogP contribution in [0.25, 0.3) is 22.5 Å². The molecule has 2 heterocycles. The SMILES string of the molecule is C=CC(=O)OCCCCCCCCCCCCOc1ccc(-c2ccc(COc3ccc(C#N)cc3OCc3ccc(-c4ccc(OCCCCCCCCCCCCOC(=O)C=C)cc4)nc3)cn2)cc1. The van der Waals surface area contributed by atoms with Crippen molar-refractivity contribution >= 4 is 11.9 Å². The lowest BCUT2D eigenvalue weighted by molar-refractivity contribution is -0.138. The molecule has 0 N–H and O–H groups in total. The van der Waals surface area contributed by atoms with Gasteiger partial charge in [-0.25, -0.2) is 9.59 Å². The van der Waals surface area contributed by atoms with Crippen LogP contribution in [0.4, 0.5) is 0 Å². The van der Waals surface area contributed by atoms with Crippen molar-refractivity contribution < 1.29 is 38.0 Å². The van der Waals surface area contributed by atoms with Crippen LogP contribution in [0.5, 0.6) is 23.0 Å². The highest BCUT2D eigenvalue weighted by Gasteiger charge is 2.11. The number of nitriles is 1. The summed E-state index contributed by atoms with van der Waals surface area (Å²) in [5.41, 5.74) is 5.99. The van der Waals surface area contributed by atoms with E-state index in [1.807, 2.05) is 79.0 Å². The van der Waals surface area contributed by atoms with Gasteiger partial charge in [-0.3, -0.25) is 9.97 Å². The summed E-state index contributed by atoms with van der Waals surface area (Å²) in [5.74, 6) is 2.05. The second-order valence-electron chi connectivity index (χ2n) is 18.0. The fourth-order valence-corrected chi connectivity index (χ4v) is 8.02. The zero-order valence-electron chi connectivity index (χ0n) is 42.4. The van der Waals surface area contributed by atoms with Crippen LogP contribution in [0.1, 0.15) is 145 Å². The summed E-state index contributed by atoms with van der Waals surface area (Å²) in [7, 11) is 0. The van der Waals surface area contributed by atoms with Gasteiger partial charge in [-0.15, -0.1) is 0 Å². The summed E-state index contributed by atoms with van der Waals surface area (Å²) >= 11 is 0. The highest BCUT2D eigenvalue weighted by Crippen LogP contribution is 2.31. The van der Waals surface area contributed by atoms with Crippen molar-refractivity contribution in [3.8, 4) is 51.6 Å². The van der Waals surface area contributed by atoms with Gasteiger partial charge in [-0.05, 0) is 98.5 Å². The van der Waals surface area contributed by atoms with E-state index in [1.165, 1.54) is 102 Å². The summed E-state index contributed by atoms with van der Waals surface area (Å²) in [4.78, 5) is 31.5. The number of carbonyl (C=O) groups is 2. The Morgan fingerprint density at radius 2 is 0.819 bits per heavy atom. The third-order valence-electron chi connectivity index (χ3n) is 12.2. The Kier molecular flexibility index (Phi) is 26.8. The number of benzene rings is 3. The third kappa shape index (κ3) is 22.4. The molecule has 382 valence electrons. The van der Waals surface area contributed by atoms with Gasteiger partial charge < -0.3 is 28.4 Å². The number of nitrogens with zero attached hydrogens (tertiary/aromatic N) is 3. The molecule has 0 fully saturated rings. The molecule has 11 nitrogen and oxygen atoms in total. The van der Waals surface area contributed by atoms with Crippen LogP contribution in [0.15, 0.2) is 129 Å². The molecule has 0 spiro atoms. The molecule has 11 heteroatoms. The van der Waals surface area contributed by atoms with Crippen molar-refractivity contribution in [1.82, 2.24) is 9.97 Å². The van der Waals surface area contributed by atoms with Crippen molar-refractivity contribution in [2.45, 2.75) is 142 Å². The molecule has 0 aliphatic rings. The fraction of sp³-hybridized carbons (Fsp3) is 0.426. The van der Waals surface area contributed by atoms with Crippen LogP contribution in [-0.4, -0.2) is 48.3 Å². The van der Waals surface area contributed by atoms with Gasteiger partial charge in [0.15, 0.2) is 11.5 Å². The molecule has 5 rings (SSSR count). The van der Waals surface area contributed by atoms with Gasteiger partial charge in [0.25, 0.3) is 0 Å². The summed E-state index contributed by atoms with van der Waals surface area (Å²) in [6.45, 7) is 9.75. The second kappa shape index (κ2) is 34.4. The molecular weight excluding hydrogens is 903 g/mol. The van der Waals surface area contributed by atoms with E-state index in [2.05, 4.69) is 19.2 Å². The molecular formula is C61H75N3O8. The normalized spacial score (nSPS) is 10.8. The third-order valence-corrected chi connectivity index (χ3v) is 12.2. The van der Waals surface area contributed by atoms with Crippen LogP contribution in [0.2, 0.25) is 0 Å². The maximum atomic E-state index is 11.1. The number of esters is 2. The molecule has 2 aromatic heterocycles. The van der Waals surface area contributed by atoms with Gasteiger partial charge in [-0.1, -0.05) is 128 Å². The number of rotatable bonds is 38. The van der Waals surface area contributed by atoms with E-state index in [9.17, 15) is 14.9 Å². The van der Waals surface area contributed by atoms with Gasteiger partial charge in [0.05, 0.1) is 49.4 Å². The molecule has 0 aliphatic carbocycles. The highest BCUT2D eigenvalue weighted by molar-refractivity contribution is 5.81. The molecule has 0 bridgehead atoms. The van der Waals surface area contributed by atoms with Crippen LogP contribution in [-0.2, 0) is 32.3 Å². The Balaban J connectivity index is 0.936. The van der Waals surface area contributed by atoms with E-state index >= 15 is 0 Å². The minimum Gasteiger partial charge on any atom is -0.494 e. The predicted molar refractivity (Wildman–Crippen MR) is 285 cm³/mol. The van der Waals surface area contributed by atoms with Crippen molar-refractivity contribution in [3.05, 3.63) is 145 Å². The summed E-state index contributed by atoms with van der Waals surface area (Å²) < 4.78 is 34.5. The Morgan fingerprint density at radius 3 is 1.18 bits per heavy atom. The van der Waals surface area contributed by atoms with E-state index in [1.54, 1.807) is 24.4 Å². The minimum atomic E-state index is -0.338. The largest absolute Gasteiger partial charge is 0.494 e. The molecule has 0 radical (unpaired) electrons. The number of carbonyl (C=O) groups excluding carboxylic acids is 2. The van der Waals surface area contributed by atoms with Gasteiger partial charge in [-0.2, -0.15) is 5.26 Å². The zero-order valence-corrected chi connectivity index (χ0v) is 42.4. The minimum absolute atomic E-state index is 0.256. The van der Waals surface area contributed by atoms with Crippen molar-refractivity contribution in [2.75, 3.05) is 26.4 Å². The number of unbranched alkanes of at least 4 members (excludes halogenated alkanes) is 18. The Hall–Kier alpha value is -6.93. The van der Waals surface area contributed by atoms with Gasteiger partial charge in [0.2, 0.25) is 0 Å². The van der Waals surface area contributed by atoms with E-state index in [-0.39, 0.29) is 25.2 Å². The van der Waals surface area contributed by atoms with E-state index in [4.69, 9.17) is 38.4 Å². The van der Waals surface area contributed by atoms with Crippen molar-refractivity contribution in [1.29, 1.82) is 5.26 Å². The smallest absolute Gasteiger partial charge is 0.330 e. The number of hydrogen-bond donors (Lipinski definition) is 0. The molecule has 72 heavy (non-hydrogen) atoms. The Bertz CT molecular complexity index is 2360. The summed E-state index contributed by atoms with van der Waals surface area (Å²) in [6.07, 6.45) is 29.3. The first-order valence-corrected chi connectivity index (χ1v) is 26.2. The van der Waals surface area contributed by atoms with Gasteiger partial charge >= 0.3 is 11.9 Å². The van der Waals surface area contributed by atoms with Crippen LogP contribution < -0.4 is 18.9 Å².